The largest absolute Gasteiger partial charge is 0.425 e. The average Bonchev–Trinajstić information content (AvgIpc) is 3.55. The molecule has 2 aromatic heterocycles. The molecule has 0 spiro atoms. The molecule has 1 atom stereocenters. The molecule has 6 nitrogen and oxygen atoms in total. The Morgan fingerprint density at radius 1 is 0.758 bits per heavy atom. The second kappa shape index (κ2) is 10.7. The van der Waals surface area contributed by atoms with Gasteiger partial charge in [-0.05, 0) is 52.7 Å². The number of amides is 2. The molecule has 2 heterocycles. The van der Waals surface area contributed by atoms with Gasteiger partial charge in [0.15, 0.2) is 0 Å². The Balaban J connectivity index is 1.43. The van der Waals surface area contributed by atoms with Gasteiger partial charge in [0.2, 0.25) is 0 Å². The van der Waals surface area contributed by atoms with Gasteiger partial charge >= 0.3 is 5.97 Å². The van der Waals surface area contributed by atoms with Gasteiger partial charge in [0, 0.05) is 12.1 Å². The zero-order chi connectivity index (χ0) is 23.0. The number of benzene rings is 2. The van der Waals surface area contributed by atoms with Crippen LogP contribution in [0.25, 0.3) is 0 Å². The molecule has 0 aliphatic rings. The molecular weight excluding hydrogens is 456 g/mol. The number of rotatable bonds is 8. The molecule has 0 bridgehead atoms. The third kappa shape index (κ3) is 6.15. The van der Waals surface area contributed by atoms with Crippen LogP contribution >= 0.6 is 22.7 Å². The molecule has 2 N–H and O–H groups in total. The monoisotopic (exact) mass is 476 g/mol. The third-order valence-electron chi connectivity index (χ3n) is 4.69. The summed E-state index contributed by atoms with van der Waals surface area (Å²) < 4.78 is 5.54. The van der Waals surface area contributed by atoms with E-state index in [-0.39, 0.29) is 11.8 Å². The van der Waals surface area contributed by atoms with Gasteiger partial charge in [0.05, 0.1) is 9.75 Å². The van der Waals surface area contributed by atoms with Crippen LogP contribution in [0, 0.1) is 0 Å². The molecule has 2 aromatic carbocycles. The molecule has 0 fully saturated rings. The van der Waals surface area contributed by atoms with Gasteiger partial charge < -0.3 is 15.4 Å². The Bertz CT molecular complexity index is 1210. The number of nitrogens with one attached hydrogen (secondary N) is 2. The molecule has 0 radical (unpaired) electrons. The summed E-state index contributed by atoms with van der Waals surface area (Å²) in [5.41, 5.74) is 1.48. The summed E-state index contributed by atoms with van der Waals surface area (Å²) in [6.07, 6.45) is 0.297. The molecule has 4 rings (SSSR count). The third-order valence-corrected chi connectivity index (χ3v) is 6.43. The smallest absolute Gasteiger partial charge is 0.334 e. The molecule has 33 heavy (non-hydrogen) atoms. The first kappa shape index (κ1) is 22.4. The summed E-state index contributed by atoms with van der Waals surface area (Å²) in [6.45, 7) is 0. The zero-order valence-corrected chi connectivity index (χ0v) is 19.0. The number of esters is 1. The van der Waals surface area contributed by atoms with E-state index in [9.17, 15) is 14.4 Å². The summed E-state index contributed by atoms with van der Waals surface area (Å²) in [5.74, 6) is -0.778. The van der Waals surface area contributed by atoms with Crippen molar-refractivity contribution >= 4 is 46.1 Å². The molecule has 0 aliphatic carbocycles. The van der Waals surface area contributed by atoms with Crippen molar-refractivity contribution in [2.24, 2.45) is 0 Å². The first-order valence-electron chi connectivity index (χ1n) is 10.1. The predicted octanol–water partition coefficient (Wildman–Crippen LogP) is 5.01. The highest BCUT2D eigenvalue weighted by Crippen LogP contribution is 2.19. The first-order chi connectivity index (χ1) is 16.1. The SMILES string of the molecule is O=C(Nc1ccc(OC(=O)[C@H](Cc2ccccc2)NC(=O)c2cccs2)cc1)c1cccs1. The van der Waals surface area contributed by atoms with Crippen molar-refractivity contribution in [3.05, 3.63) is 105 Å². The van der Waals surface area contributed by atoms with Gasteiger partial charge in [-0.25, -0.2) is 4.79 Å². The fraction of sp³-hybridized carbons (Fsp3) is 0.0800. The number of carbonyl (C=O) groups excluding carboxylic acids is 3. The van der Waals surface area contributed by atoms with Crippen molar-refractivity contribution in [2.45, 2.75) is 12.5 Å². The number of hydrogen-bond donors (Lipinski definition) is 2. The van der Waals surface area contributed by atoms with Gasteiger partial charge in [-0.3, -0.25) is 9.59 Å². The Hall–Kier alpha value is -3.75. The lowest BCUT2D eigenvalue weighted by Gasteiger charge is -2.17. The van der Waals surface area contributed by atoms with Gasteiger partial charge in [-0.2, -0.15) is 0 Å². The highest BCUT2D eigenvalue weighted by atomic mass is 32.1. The van der Waals surface area contributed by atoms with Crippen molar-refractivity contribution in [3.8, 4) is 5.75 Å². The summed E-state index contributed by atoms with van der Waals surface area (Å²) in [7, 11) is 0. The second-order valence-electron chi connectivity index (χ2n) is 7.07. The number of ether oxygens (including phenoxy) is 1. The van der Waals surface area contributed by atoms with Crippen LogP contribution in [-0.2, 0) is 11.2 Å². The van der Waals surface area contributed by atoms with Crippen molar-refractivity contribution in [3.63, 3.8) is 0 Å². The van der Waals surface area contributed by atoms with E-state index in [1.165, 1.54) is 22.7 Å². The Kier molecular flexibility index (Phi) is 7.29. The fourth-order valence-corrected chi connectivity index (χ4v) is 4.32. The lowest BCUT2D eigenvalue weighted by atomic mass is 10.1. The molecule has 166 valence electrons. The van der Waals surface area contributed by atoms with Gasteiger partial charge in [-0.1, -0.05) is 42.5 Å². The summed E-state index contributed by atoms with van der Waals surface area (Å²) >= 11 is 2.66. The fourth-order valence-electron chi connectivity index (χ4n) is 3.07. The number of thiophene rings is 2. The summed E-state index contributed by atoms with van der Waals surface area (Å²) in [6, 6.07) is 22.1. The summed E-state index contributed by atoms with van der Waals surface area (Å²) in [5, 5.41) is 9.22. The van der Waals surface area contributed by atoms with Crippen LogP contribution in [-0.4, -0.2) is 23.8 Å². The minimum atomic E-state index is -0.861. The van der Waals surface area contributed by atoms with E-state index in [0.717, 1.165) is 5.56 Å². The standard InChI is InChI=1S/C25H20N2O4S2/c28-23(21-8-4-14-32-21)26-18-10-12-19(13-11-18)31-25(30)20(16-17-6-2-1-3-7-17)27-24(29)22-9-5-15-33-22/h1-15,20H,16H2,(H,26,28)(H,27,29)/t20-/m0/s1. The van der Waals surface area contributed by atoms with Crippen LogP contribution in [0.3, 0.4) is 0 Å². The normalized spacial score (nSPS) is 11.4. The quantitative estimate of drug-likeness (QED) is 0.277. The molecule has 0 saturated heterocycles. The van der Waals surface area contributed by atoms with Crippen LogP contribution < -0.4 is 15.4 Å². The summed E-state index contributed by atoms with van der Waals surface area (Å²) in [4.78, 5) is 38.8. The molecule has 8 heteroatoms. The van der Waals surface area contributed by atoms with Crippen molar-refractivity contribution in [1.82, 2.24) is 5.32 Å². The molecular formula is C25H20N2O4S2. The average molecular weight is 477 g/mol. The molecule has 0 unspecified atom stereocenters. The van der Waals surface area contributed by atoms with E-state index < -0.39 is 12.0 Å². The van der Waals surface area contributed by atoms with E-state index in [4.69, 9.17) is 4.74 Å². The lowest BCUT2D eigenvalue weighted by molar-refractivity contribution is -0.136. The maximum Gasteiger partial charge on any atom is 0.334 e. The molecule has 4 aromatic rings. The van der Waals surface area contributed by atoms with E-state index in [2.05, 4.69) is 10.6 Å². The minimum absolute atomic E-state index is 0.200. The molecule has 2 amide bonds. The number of hydrogen-bond acceptors (Lipinski definition) is 6. The molecule has 0 aliphatic heterocycles. The van der Waals surface area contributed by atoms with Crippen molar-refractivity contribution in [2.75, 3.05) is 5.32 Å². The zero-order valence-electron chi connectivity index (χ0n) is 17.4. The van der Waals surface area contributed by atoms with Crippen LogP contribution in [0.15, 0.2) is 89.6 Å². The lowest BCUT2D eigenvalue weighted by Crippen LogP contribution is -2.44. The highest BCUT2D eigenvalue weighted by Gasteiger charge is 2.24. The van der Waals surface area contributed by atoms with Crippen LogP contribution in [0.5, 0.6) is 5.75 Å². The second-order valence-corrected chi connectivity index (χ2v) is 8.97. The van der Waals surface area contributed by atoms with Gasteiger partial charge in [-0.15, -0.1) is 22.7 Å². The van der Waals surface area contributed by atoms with Gasteiger partial charge in [0.1, 0.15) is 11.8 Å². The van der Waals surface area contributed by atoms with E-state index in [1.54, 1.807) is 47.8 Å². The topological polar surface area (TPSA) is 84.5 Å². The highest BCUT2D eigenvalue weighted by molar-refractivity contribution is 7.12. The maximum absolute atomic E-state index is 12.9. The van der Waals surface area contributed by atoms with Gasteiger partial charge in [0.25, 0.3) is 11.8 Å². The van der Waals surface area contributed by atoms with E-state index >= 15 is 0 Å². The van der Waals surface area contributed by atoms with E-state index in [0.29, 0.717) is 27.6 Å². The minimum Gasteiger partial charge on any atom is -0.425 e. The number of carbonyl (C=O) groups is 3. The molecule has 0 saturated carbocycles. The number of anilines is 1. The van der Waals surface area contributed by atoms with Crippen LogP contribution in [0.2, 0.25) is 0 Å². The first-order valence-corrected chi connectivity index (χ1v) is 11.9. The van der Waals surface area contributed by atoms with Crippen LogP contribution in [0.1, 0.15) is 24.9 Å². The Morgan fingerprint density at radius 3 is 2.00 bits per heavy atom. The van der Waals surface area contributed by atoms with E-state index in [1.807, 2.05) is 41.8 Å². The Morgan fingerprint density at radius 2 is 1.39 bits per heavy atom. The Labute approximate surface area is 198 Å². The maximum atomic E-state index is 12.9. The predicted molar refractivity (Wildman–Crippen MR) is 130 cm³/mol. The van der Waals surface area contributed by atoms with Crippen LogP contribution in [0.4, 0.5) is 5.69 Å². The van der Waals surface area contributed by atoms with Crippen molar-refractivity contribution in [1.29, 1.82) is 0 Å². The van der Waals surface area contributed by atoms with Crippen molar-refractivity contribution < 1.29 is 19.1 Å².